The summed E-state index contributed by atoms with van der Waals surface area (Å²) in [6, 6.07) is 5.32. The van der Waals surface area contributed by atoms with Crippen LogP contribution in [0.4, 0.5) is 4.79 Å². The third-order valence-electron chi connectivity index (χ3n) is 2.99. The summed E-state index contributed by atoms with van der Waals surface area (Å²) >= 11 is 0. The summed E-state index contributed by atoms with van der Waals surface area (Å²) < 4.78 is 10.4. The first-order chi connectivity index (χ1) is 9.61. The number of alkyl carbamates (subject to hydrolysis) is 1. The molecular formula is C16H23NO4. The van der Waals surface area contributed by atoms with E-state index >= 15 is 0 Å². The molecule has 1 aromatic rings. The number of hydrogen-bond acceptors (Lipinski definition) is 4. The van der Waals surface area contributed by atoms with Crippen LogP contribution in [0, 0.1) is 6.92 Å². The molecule has 5 heteroatoms. The van der Waals surface area contributed by atoms with Crippen molar-refractivity contribution in [1.82, 2.24) is 5.32 Å². The number of hydrogen-bond donors (Lipinski definition) is 1. The molecule has 21 heavy (non-hydrogen) atoms. The predicted octanol–water partition coefficient (Wildman–Crippen LogP) is 2.94. The van der Waals surface area contributed by atoms with Crippen LogP contribution in [-0.2, 0) is 15.1 Å². The lowest BCUT2D eigenvalue weighted by atomic mass is 9.92. The smallest absolute Gasteiger partial charge is 0.408 e. The molecule has 0 bridgehead atoms. The molecule has 0 saturated heterocycles. The van der Waals surface area contributed by atoms with E-state index in [1.165, 1.54) is 0 Å². The second-order valence-corrected chi connectivity index (χ2v) is 6.13. The summed E-state index contributed by atoms with van der Waals surface area (Å²) in [5, 5.41) is 2.61. The van der Waals surface area contributed by atoms with E-state index in [0.717, 1.165) is 11.3 Å². The molecule has 0 saturated carbocycles. The molecule has 5 nitrogen and oxygen atoms in total. The van der Waals surface area contributed by atoms with Crippen molar-refractivity contribution in [2.75, 3.05) is 7.11 Å². The zero-order valence-electron chi connectivity index (χ0n) is 13.4. The number of amides is 1. The van der Waals surface area contributed by atoms with E-state index in [0.29, 0.717) is 11.8 Å². The van der Waals surface area contributed by atoms with Crippen LogP contribution in [0.15, 0.2) is 18.2 Å². The van der Waals surface area contributed by atoms with E-state index in [9.17, 15) is 9.59 Å². The molecular weight excluding hydrogens is 270 g/mol. The molecule has 116 valence electrons. The topological polar surface area (TPSA) is 64.6 Å². The highest BCUT2D eigenvalue weighted by molar-refractivity contribution is 5.78. The van der Waals surface area contributed by atoms with Crippen molar-refractivity contribution < 1.29 is 19.1 Å². The molecule has 0 heterocycles. The Hall–Kier alpha value is -2.04. The number of benzene rings is 1. The summed E-state index contributed by atoms with van der Waals surface area (Å²) in [6.45, 7) is 8.80. The van der Waals surface area contributed by atoms with Crippen LogP contribution >= 0.6 is 0 Å². The monoisotopic (exact) mass is 293 g/mol. The average molecular weight is 293 g/mol. The second kappa shape index (κ2) is 6.16. The van der Waals surface area contributed by atoms with Gasteiger partial charge in [0, 0.05) is 0 Å². The van der Waals surface area contributed by atoms with Crippen molar-refractivity contribution in [1.29, 1.82) is 0 Å². The lowest BCUT2D eigenvalue weighted by molar-refractivity contribution is -0.113. The van der Waals surface area contributed by atoms with Crippen LogP contribution in [-0.4, -0.2) is 25.1 Å². The van der Waals surface area contributed by atoms with Gasteiger partial charge in [0.1, 0.15) is 23.2 Å². The maximum Gasteiger partial charge on any atom is 0.408 e. The largest absolute Gasteiger partial charge is 0.496 e. The van der Waals surface area contributed by atoms with Gasteiger partial charge in [0.05, 0.1) is 7.11 Å². The van der Waals surface area contributed by atoms with Gasteiger partial charge >= 0.3 is 6.09 Å². The van der Waals surface area contributed by atoms with E-state index in [4.69, 9.17) is 9.47 Å². The first-order valence-corrected chi connectivity index (χ1v) is 6.74. The van der Waals surface area contributed by atoms with E-state index in [1.807, 2.05) is 13.0 Å². The Morgan fingerprint density at radius 3 is 2.29 bits per heavy atom. The second-order valence-electron chi connectivity index (χ2n) is 6.13. The highest BCUT2D eigenvalue weighted by Gasteiger charge is 2.31. The molecule has 0 aliphatic rings. The third kappa shape index (κ3) is 4.48. The summed E-state index contributed by atoms with van der Waals surface area (Å²) in [6.07, 6.45) is 0.0589. The van der Waals surface area contributed by atoms with Crippen molar-refractivity contribution in [3.8, 4) is 5.75 Å². The van der Waals surface area contributed by atoms with Crippen molar-refractivity contribution in [2.45, 2.75) is 45.8 Å². The Morgan fingerprint density at radius 1 is 1.24 bits per heavy atom. The van der Waals surface area contributed by atoms with E-state index in [1.54, 1.807) is 46.9 Å². The molecule has 0 fully saturated rings. The van der Waals surface area contributed by atoms with Crippen LogP contribution in [0.2, 0.25) is 0 Å². The number of methoxy groups -OCH3 is 1. The fraction of sp³-hybridized carbons (Fsp3) is 0.500. The molecule has 0 aliphatic heterocycles. The molecule has 1 N–H and O–H groups in total. The van der Waals surface area contributed by atoms with Gasteiger partial charge in [-0.05, 0) is 57.9 Å². The Kier molecular flexibility index (Phi) is 4.99. The van der Waals surface area contributed by atoms with Crippen LogP contribution in [0.3, 0.4) is 0 Å². The van der Waals surface area contributed by atoms with Gasteiger partial charge in [-0.1, -0.05) is 6.07 Å². The molecule has 1 unspecified atom stereocenters. The van der Waals surface area contributed by atoms with Crippen LogP contribution in [0.25, 0.3) is 0 Å². The number of rotatable bonds is 4. The number of ether oxygens (including phenoxy) is 2. The first-order valence-electron chi connectivity index (χ1n) is 6.74. The van der Waals surface area contributed by atoms with Crippen LogP contribution in [0.5, 0.6) is 5.75 Å². The molecule has 0 spiro atoms. The van der Waals surface area contributed by atoms with Gasteiger partial charge < -0.3 is 19.6 Å². The number of nitrogens with one attached hydrogen (secondary N) is 1. The highest BCUT2D eigenvalue weighted by atomic mass is 16.6. The Morgan fingerprint density at radius 2 is 1.86 bits per heavy atom. The van der Waals surface area contributed by atoms with Gasteiger partial charge in [-0.15, -0.1) is 0 Å². The van der Waals surface area contributed by atoms with Crippen molar-refractivity contribution >= 4 is 12.4 Å². The lowest BCUT2D eigenvalue weighted by Crippen LogP contribution is -2.47. The van der Waals surface area contributed by atoms with Gasteiger partial charge in [-0.25, -0.2) is 4.79 Å². The summed E-state index contributed by atoms with van der Waals surface area (Å²) in [7, 11) is 1.58. The molecule has 0 aliphatic carbocycles. The summed E-state index contributed by atoms with van der Waals surface area (Å²) in [5.41, 5.74) is -0.223. The average Bonchev–Trinajstić information content (AvgIpc) is 2.36. The maximum atomic E-state index is 11.9. The number of carbonyl (C=O) groups is 2. The van der Waals surface area contributed by atoms with Crippen LogP contribution in [0.1, 0.15) is 38.8 Å². The van der Waals surface area contributed by atoms with Gasteiger partial charge in [-0.3, -0.25) is 0 Å². The maximum absolute atomic E-state index is 11.9. The van der Waals surface area contributed by atoms with Gasteiger partial charge in [0.2, 0.25) is 0 Å². The molecule has 0 aromatic heterocycles. The van der Waals surface area contributed by atoms with Crippen molar-refractivity contribution in [3.63, 3.8) is 0 Å². The standard InChI is InChI=1S/C16H23NO4/c1-11-9-12(7-8-13(11)20-6)16(5,10-18)17-14(19)21-15(2,3)4/h7-10H,1-6H3,(H,17,19). The Labute approximate surface area is 125 Å². The summed E-state index contributed by atoms with van der Waals surface area (Å²) in [4.78, 5) is 23.4. The summed E-state index contributed by atoms with van der Waals surface area (Å²) in [5.74, 6) is 0.726. The fourth-order valence-electron chi connectivity index (χ4n) is 1.89. The Bertz CT molecular complexity index is 534. The minimum atomic E-state index is -1.15. The number of aryl methyl sites for hydroxylation is 1. The van der Waals surface area contributed by atoms with Gasteiger partial charge in [0.25, 0.3) is 0 Å². The normalized spacial score (nSPS) is 14.0. The minimum absolute atomic E-state index is 0.621. The van der Waals surface area contributed by atoms with Crippen molar-refractivity contribution in [3.05, 3.63) is 29.3 Å². The van der Waals surface area contributed by atoms with Gasteiger partial charge in [-0.2, -0.15) is 0 Å². The quantitative estimate of drug-likeness (QED) is 0.867. The first kappa shape index (κ1) is 17.0. The molecule has 1 atom stereocenters. The molecule has 1 amide bonds. The van der Waals surface area contributed by atoms with E-state index in [2.05, 4.69) is 5.32 Å². The predicted molar refractivity (Wildman–Crippen MR) is 80.5 cm³/mol. The molecule has 1 rings (SSSR count). The van der Waals surface area contributed by atoms with Gasteiger partial charge in [0.15, 0.2) is 0 Å². The molecule has 0 radical (unpaired) electrons. The molecule has 1 aromatic carbocycles. The van der Waals surface area contributed by atoms with Crippen LogP contribution < -0.4 is 10.1 Å². The Balaban J connectivity index is 3.02. The fourth-order valence-corrected chi connectivity index (χ4v) is 1.89. The third-order valence-corrected chi connectivity index (χ3v) is 2.99. The zero-order valence-corrected chi connectivity index (χ0v) is 13.4. The number of carbonyl (C=O) groups excluding carboxylic acids is 2. The van der Waals surface area contributed by atoms with E-state index in [-0.39, 0.29) is 0 Å². The zero-order chi connectivity index (χ0) is 16.3. The highest BCUT2D eigenvalue weighted by Crippen LogP contribution is 2.25. The number of aldehydes is 1. The minimum Gasteiger partial charge on any atom is -0.496 e. The van der Waals surface area contributed by atoms with E-state index < -0.39 is 17.2 Å². The SMILES string of the molecule is COc1ccc(C(C)(C=O)NC(=O)OC(C)(C)C)cc1C. The van der Waals surface area contributed by atoms with Crippen molar-refractivity contribution in [2.24, 2.45) is 0 Å². The lowest BCUT2D eigenvalue weighted by Gasteiger charge is -2.28.